The van der Waals surface area contributed by atoms with Crippen molar-refractivity contribution >= 4 is 5.97 Å². The highest BCUT2D eigenvalue weighted by molar-refractivity contribution is 5.76. The fourth-order valence-corrected chi connectivity index (χ4v) is 3.77. The molecule has 0 atom stereocenters. The maximum absolute atomic E-state index is 12.6. The molecule has 2 heterocycles. The summed E-state index contributed by atoms with van der Waals surface area (Å²) < 4.78 is 12.4. The van der Waals surface area contributed by atoms with Crippen molar-refractivity contribution < 1.29 is 14.3 Å². The van der Waals surface area contributed by atoms with Gasteiger partial charge in [-0.25, -0.2) is 0 Å². The first-order chi connectivity index (χ1) is 9.35. The highest BCUT2D eigenvalue weighted by Crippen LogP contribution is 2.53. The molecule has 2 fully saturated rings. The van der Waals surface area contributed by atoms with Crippen LogP contribution in [0.15, 0.2) is 0 Å². The summed E-state index contributed by atoms with van der Waals surface area (Å²) in [6, 6.07) is 0. The average molecular weight is 282 g/mol. The molecule has 2 rings (SSSR count). The molecule has 0 saturated carbocycles. The van der Waals surface area contributed by atoms with Gasteiger partial charge in [0, 0.05) is 0 Å². The number of hydrogen-bond acceptors (Lipinski definition) is 3. The van der Waals surface area contributed by atoms with Gasteiger partial charge >= 0.3 is 5.97 Å². The molecule has 0 aromatic heterocycles. The first-order valence-corrected chi connectivity index (χ1v) is 8.26. The third-order valence-electron chi connectivity index (χ3n) is 5.83. The fourth-order valence-electron chi connectivity index (χ4n) is 3.77. The van der Waals surface area contributed by atoms with Crippen molar-refractivity contribution in [1.29, 1.82) is 0 Å². The predicted octanol–water partition coefficient (Wildman–Crippen LogP) is 4.24. The van der Waals surface area contributed by atoms with Crippen LogP contribution in [0.1, 0.15) is 79.6 Å². The molecule has 3 nitrogen and oxygen atoms in total. The van der Waals surface area contributed by atoms with Crippen LogP contribution in [0.4, 0.5) is 0 Å². The molecule has 0 spiro atoms. The molecule has 0 radical (unpaired) electrons. The van der Waals surface area contributed by atoms with Crippen LogP contribution in [0, 0.1) is 5.41 Å². The second-order valence-electron chi connectivity index (χ2n) is 7.14. The minimum absolute atomic E-state index is 0.0722. The molecular weight excluding hydrogens is 252 g/mol. The lowest BCUT2D eigenvalue weighted by Gasteiger charge is -2.46. The van der Waals surface area contributed by atoms with E-state index in [1.54, 1.807) is 0 Å². The Kier molecular flexibility index (Phi) is 4.21. The zero-order chi connectivity index (χ0) is 15.0. The minimum Gasteiger partial charge on any atom is -0.456 e. The maximum atomic E-state index is 12.6. The van der Waals surface area contributed by atoms with E-state index in [2.05, 4.69) is 13.8 Å². The largest absolute Gasteiger partial charge is 0.456 e. The summed E-state index contributed by atoms with van der Waals surface area (Å²) in [6.45, 7) is 10.2. The lowest BCUT2D eigenvalue weighted by Crippen LogP contribution is -2.56. The topological polar surface area (TPSA) is 35.5 Å². The van der Waals surface area contributed by atoms with Crippen molar-refractivity contribution in [3.8, 4) is 0 Å². The highest BCUT2D eigenvalue weighted by atomic mass is 16.6. The van der Waals surface area contributed by atoms with Gasteiger partial charge in [-0.05, 0) is 58.8 Å². The Morgan fingerprint density at radius 2 is 1.70 bits per heavy atom. The van der Waals surface area contributed by atoms with Crippen LogP contribution in [0.3, 0.4) is 0 Å². The number of carbonyl (C=O) groups is 1. The Hall–Kier alpha value is -0.570. The number of rotatable bonds is 6. The molecule has 0 aromatic carbocycles. The van der Waals surface area contributed by atoms with Crippen LogP contribution in [-0.2, 0) is 14.3 Å². The molecule has 0 N–H and O–H groups in total. The van der Waals surface area contributed by atoms with E-state index in [0.29, 0.717) is 6.10 Å². The van der Waals surface area contributed by atoms with Gasteiger partial charge in [-0.1, -0.05) is 20.8 Å². The molecule has 0 amide bonds. The molecule has 116 valence electrons. The molecule has 3 heteroatoms. The van der Waals surface area contributed by atoms with Gasteiger partial charge in [-0.3, -0.25) is 4.79 Å². The van der Waals surface area contributed by atoms with Crippen molar-refractivity contribution in [3.05, 3.63) is 0 Å². The monoisotopic (exact) mass is 282 g/mol. The molecule has 2 aliphatic heterocycles. The van der Waals surface area contributed by atoms with E-state index in [1.165, 1.54) is 0 Å². The van der Waals surface area contributed by atoms with Gasteiger partial charge in [0.2, 0.25) is 0 Å². The summed E-state index contributed by atoms with van der Waals surface area (Å²) >= 11 is 0. The van der Waals surface area contributed by atoms with Crippen molar-refractivity contribution in [2.75, 3.05) is 0 Å². The van der Waals surface area contributed by atoms with Crippen LogP contribution in [0.5, 0.6) is 0 Å². The Morgan fingerprint density at radius 3 is 2.05 bits per heavy atom. The van der Waals surface area contributed by atoms with Crippen LogP contribution < -0.4 is 0 Å². The second-order valence-corrected chi connectivity index (χ2v) is 7.14. The molecule has 2 aliphatic rings. The molecule has 0 aromatic rings. The predicted molar refractivity (Wildman–Crippen MR) is 79.5 cm³/mol. The number of carbonyl (C=O) groups excluding carboxylic acids is 1. The molecule has 20 heavy (non-hydrogen) atoms. The fraction of sp³-hybridized carbons (Fsp3) is 0.941. The number of ether oxygens (including phenoxy) is 2. The highest BCUT2D eigenvalue weighted by Gasteiger charge is 2.60. The molecule has 0 aliphatic carbocycles. The number of hydrogen-bond donors (Lipinski definition) is 0. The van der Waals surface area contributed by atoms with Crippen molar-refractivity contribution in [2.24, 2.45) is 5.41 Å². The summed E-state index contributed by atoms with van der Waals surface area (Å²) in [4.78, 5) is 12.6. The minimum atomic E-state index is -0.443. The van der Waals surface area contributed by atoms with Gasteiger partial charge in [-0.2, -0.15) is 0 Å². The van der Waals surface area contributed by atoms with Crippen molar-refractivity contribution in [3.63, 3.8) is 0 Å². The Morgan fingerprint density at radius 1 is 1.15 bits per heavy atom. The van der Waals surface area contributed by atoms with E-state index >= 15 is 0 Å². The third kappa shape index (κ3) is 2.28. The van der Waals surface area contributed by atoms with Gasteiger partial charge in [0.25, 0.3) is 0 Å². The maximum Gasteiger partial charge on any atom is 0.312 e. The average Bonchev–Trinajstić information content (AvgIpc) is 3.06. The number of fused-ring (bicyclic) bond motifs is 2. The van der Waals surface area contributed by atoms with Gasteiger partial charge in [0.05, 0.1) is 11.5 Å². The van der Waals surface area contributed by atoms with Crippen LogP contribution in [-0.4, -0.2) is 23.3 Å². The third-order valence-corrected chi connectivity index (χ3v) is 5.83. The first kappa shape index (κ1) is 15.8. The summed E-state index contributed by atoms with van der Waals surface area (Å²) in [5.41, 5.74) is -1.08. The summed E-state index contributed by atoms with van der Waals surface area (Å²) in [5, 5.41) is 0. The lowest BCUT2D eigenvalue weighted by atomic mass is 9.72. The van der Waals surface area contributed by atoms with E-state index in [1.807, 2.05) is 20.8 Å². The smallest absolute Gasteiger partial charge is 0.312 e. The first-order valence-electron chi connectivity index (χ1n) is 8.26. The molecule has 2 bridgehead atoms. The van der Waals surface area contributed by atoms with Gasteiger partial charge in [0.15, 0.2) is 0 Å². The lowest BCUT2D eigenvalue weighted by molar-refractivity contribution is -0.207. The number of esters is 1. The molecule has 2 saturated heterocycles. The Labute approximate surface area is 123 Å². The van der Waals surface area contributed by atoms with E-state index in [0.717, 1.165) is 44.9 Å². The van der Waals surface area contributed by atoms with E-state index in [-0.39, 0.29) is 11.6 Å². The van der Waals surface area contributed by atoms with Crippen LogP contribution in [0.2, 0.25) is 0 Å². The van der Waals surface area contributed by atoms with Gasteiger partial charge in [-0.15, -0.1) is 0 Å². The molecule has 0 unspecified atom stereocenters. The summed E-state index contributed by atoms with van der Waals surface area (Å²) in [5.74, 6) is -0.0722. The standard InChI is InChI=1S/C17H30O3/c1-6-15(4,5)14(18)20-16(7-2,8-3)17-11-9-13(19-17)10-12-17/h13H,6-12H2,1-5H3. The summed E-state index contributed by atoms with van der Waals surface area (Å²) in [6.07, 6.45) is 7.19. The second kappa shape index (κ2) is 5.32. The van der Waals surface area contributed by atoms with Crippen molar-refractivity contribution in [1.82, 2.24) is 0 Å². The zero-order valence-electron chi connectivity index (χ0n) is 13.8. The van der Waals surface area contributed by atoms with Gasteiger partial charge in [0.1, 0.15) is 11.2 Å². The zero-order valence-corrected chi connectivity index (χ0v) is 13.8. The van der Waals surface area contributed by atoms with Gasteiger partial charge < -0.3 is 9.47 Å². The SMILES string of the molecule is CCC(C)(C)C(=O)OC(CC)(CC)C12CCC(CC1)O2. The summed E-state index contributed by atoms with van der Waals surface area (Å²) in [7, 11) is 0. The van der Waals surface area contributed by atoms with Crippen LogP contribution >= 0.6 is 0 Å². The Balaban J connectivity index is 2.24. The normalized spacial score (nSPS) is 29.8. The quantitative estimate of drug-likeness (QED) is 0.684. The van der Waals surface area contributed by atoms with Crippen molar-refractivity contribution in [2.45, 2.75) is 96.9 Å². The molecular formula is C17H30O3. The van der Waals surface area contributed by atoms with E-state index in [9.17, 15) is 4.79 Å². The Bertz CT molecular complexity index is 360. The van der Waals surface area contributed by atoms with Crippen LogP contribution in [0.25, 0.3) is 0 Å². The van der Waals surface area contributed by atoms with E-state index < -0.39 is 11.0 Å². The van der Waals surface area contributed by atoms with E-state index in [4.69, 9.17) is 9.47 Å².